The van der Waals surface area contributed by atoms with Crippen LogP contribution in [0.5, 0.6) is 0 Å². The van der Waals surface area contributed by atoms with Crippen LogP contribution >= 0.6 is 0 Å². The number of likely N-dealkylation sites (tertiary alicyclic amines) is 1. The fourth-order valence-electron chi connectivity index (χ4n) is 3.42. The molecular weight excluding hydrogens is 260 g/mol. The minimum Gasteiger partial charge on any atom is -0.338 e. The van der Waals surface area contributed by atoms with Crippen LogP contribution in [0.3, 0.4) is 0 Å². The van der Waals surface area contributed by atoms with Crippen LogP contribution in [0.4, 0.5) is 4.79 Å². The first kappa shape index (κ1) is 13.4. The van der Waals surface area contributed by atoms with Crippen LogP contribution in [0.15, 0.2) is 0 Å². The van der Waals surface area contributed by atoms with Crippen molar-refractivity contribution in [2.24, 2.45) is 5.92 Å². The van der Waals surface area contributed by atoms with E-state index >= 15 is 0 Å². The van der Waals surface area contributed by atoms with Crippen LogP contribution in [0, 0.1) is 5.92 Å². The second-order valence-electron chi connectivity index (χ2n) is 6.05. The van der Waals surface area contributed by atoms with Gasteiger partial charge in [0.2, 0.25) is 5.91 Å². The van der Waals surface area contributed by atoms with Gasteiger partial charge in [-0.2, -0.15) is 0 Å². The molecule has 1 spiro atoms. The topological polar surface area (TPSA) is 90.5 Å². The predicted octanol–water partition coefficient (Wildman–Crippen LogP) is -0.815. The average molecular weight is 280 g/mol. The number of nitrogens with zero attached hydrogens (tertiary/aromatic N) is 1. The van der Waals surface area contributed by atoms with E-state index in [0.29, 0.717) is 18.9 Å². The Labute approximate surface area is 117 Å². The highest BCUT2D eigenvalue weighted by atomic mass is 16.2. The first-order valence-corrected chi connectivity index (χ1v) is 7.18. The molecule has 3 unspecified atom stereocenters. The fourth-order valence-corrected chi connectivity index (χ4v) is 3.42. The van der Waals surface area contributed by atoms with Gasteiger partial charge in [-0.05, 0) is 31.7 Å². The third-order valence-electron chi connectivity index (χ3n) is 4.62. The van der Waals surface area contributed by atoms with E-state index < -0.39 is 11.6 Å². The Morgan fingerprint density at radius 1 is 1.40 bits per heavy atom. The minimum atomic E-state index is -0.924. The van der Waals surface area contributed by atoms with Crippen molar-refractivity contribution >= 4 is 17.8 Å². The molecule has 7 nitrogen and oxygen atoms in total. The van der Waals surface area contributed by atoms with E-state index in [1.165, 1.54) is 0 Å². The molecule has 3 saturated heterocycles. The van der Waals surface area contributed by atoms with E-state index in [1.807, 2.05) is 0 Å². The van der Waals surface area contributed by atoms with Crippen molar-refractivity contribution in [3.05, 3.63) is 0 Å². The zero-order valence-electron chi connectivity index (χ0n) is 11.6. The Hall–Kier alpha value is -1.63. The summed E-state index contributed by atoms with van der Waals surface area (Å²) in [6.45, 7) is 3.84. The van der Waals surface area contributed by atoms with E-state index in [4.69, 9.17) is 0 Å². The number of hydrogen-bond acceptors (Lipinski definition) is 4. The largest absolute Gasteiger partial charge is 0.338 e. The maximum Gasteiger partial charge on any atom is 0.322 e. The van der Waals surface area contributed by atoms with E-state index in [2.05, 4.69) is 22.9 Å². The molecule has 3 atom stereocenters. The highest BCUT2D eigenvalue weighted by Crippen LogP contribution is 2.26. The first-order valence-electron chi connectivity index (χ1n) is 7.18. The predicted molar refractivity (Wildman–Crippen MR) is 70.8 cm³/mol. The molecule has 0 aromatic carbocycles. The fraction of sp³-hybridized carbons (Fsp3) is 0.769. The van der Waals surface area contributed by atoms with Gasteiger partial charge in [0.05, 0.1) is 12.6 Å². The summed E-state index contributed by atoms with van der Waals surface area (Å²) in [4.78, 5) is 37.6. The Kier molecular flexibility index (Phi) is 3.16. The van der Waals surface area contributed by atoms with Gasteiger partial charge >= 0.3 is 6.03 Å². The summed E-state index contributed by atoms with van der Waals surface area (Å²) in [5, 5.41) is 8.19. The van der Waals surface area contributed by atoms with Crippen LogP contribution in [0.1, 0.15) is 26.2 Å². The second-order valence-corrected chi connectivity index (χ2v) is 6.05. The van der Waals surface area contributed by atoms with Gasteiger partial charge in [-0.1, -0.05) is 6.92 Å². The normalized spacial score (nSPS) is 37.1. The molecule has 20 heavy (non-hydrogen) atoms. The molecule has 4 amide bonds. The molecule has 0 aliphatic carbocycles. The van der Waals surface area contributed by atoms with Crippen LogP contribution in [-0.2, 0) is 9.59 Å². The van der Waals surface area contributed by atoms with Gasteiger partial charge in [0.15, 0.2) is 0 Å². The van der Waals surface area contributed by atoms with Crippen LogP contribution in [-0.4, -0.2) is 54.0 Å². The van der Waals surface area contributed by atoms with Gasteiger partial charge < -0.3 is 15.5 Å². The SMILES string of the molecule is CC1CCNC1C(=O)N1CCCC2(C1)NC(=O)NC2=O. The zero-order valence-corrected chi connectivity index (χ0v) is 11.6. The van der Waals surface area contributed by atoms with Crippen molar-refractivity contribution in [2.75, 3.05) is 19.6 Å². The third-order valence-corrected chi connectivity index (χ3v) is 4.62. The molecule has 3 aliphatic rings. The number of carbonyl (C=O) groups is 3. The Morgan fingerprint density at radius 2 is 2.20 bits per heavy atom. The molecule has 3 heterocycles. The molecule has 7 heteroatoms. The summed E-state index contributed by atoms with van der Waals surface area (Å²) < 4.78 is 0. The standard InChI is InChI=1S/C13H20N4O3/c1-8-3-5-14-9(8)10(18)17-6-2-4-13(7-17)11(19)15-12(20)16-13/h8-9,14H,2-7H2,1H3,(H2,15,16,19,20). The second kappa shape index (κ2) is 4.73. The quantitative estimate of drug-likeness (QED) is 0.548. The number of hydrogen-bond donors (Lipinski definition) is 3. The highest BCUT2D eigenvalue weighted by molar-refractivity contribution is 6.07. The summed E-state index contributed by atoms with van der Waals surface area (Å²) in [6.07, 6.45) is 2.30. The van der Waals surface area contributed by atoms with Gasteiger partial charge in [-0.15, -0.1) is 0 Å². The van der Waals surface area contributed by atoms with E-state index in [1.54, 1.807) is 4.90 Å². The monoisotopic (exact) mass is 280 g/mol. The smallest absolute Gasteiger partial charge is 0.322 e. The number of imide groups is 1. The molecule has 0 saturated carbocycles. The average Bonchev–Trinajstić information content (AvgIpc) is 2.94. The summed E-state index contributed by atoms with van der Waals surface area (Å²) in [6, 6.07) is -0.623. The van der Waals surface area contributed by atoms with Gasteiger partial charge in [0.25, 0.3) is 5.91 Å². The molecular formula is C13H20N4O3. The Morgan fingerprint density at radius 3 is 2.80 bits per heavy atom. The maximum atomic E-state index is 12.6. The Balaban J connectivity index is 1.74. The lowest BCUT2D eigenvalue weighted by Gasteiger charge is -2.39. The van der Waals surface area contributed by atoms with Crippen molar-refractivity contribution in [3.8, 4) is 0 Å². The maximum absolute atomic E-state index is 12.6. The Bertz CT molecular complexity index is 467. The molecule has 0 radical (unpaired) electrons. The number of amides is 4. The number of piperidine rings is 1. The molecule has 3 rings (SSSR count). The van der Waals surface area contributed by atoms with Gasteiger partial charge in [0.1, 0.15) is 5.54 Å². The van der Waals surface area contributed by atoms with E-state index in [0.717, 1.165) is 19.4 Å². The lowest BCUT2D eigenvalue weighted by atomic mass is 9.88. The van der Waals surface area contributed by atoms with Crippen molar-refractivity contribution in [3.63, 3.8) is 0 Å². The third kappa shape index (κ3) is 2.06. The molecule has 3 fully saturated rings. The molecule has 0 bridgehead atoms. The first-order chi connectivity index (χ1) is 9.52. The molecule has 0 aromatic rings. The number of urea groups is 1. The van der Waals surface area contributed by atoms with Gasteiger partial charge in [-0.3, -0.25) is 14.9 Å². The molecule has 3 aliphatic heterocycles. The summed E-state index contributed by atoms with van der Waals surface area (Å²) in [5.74, 6) is 0.0443. The van der Waals surface area contributed by atoms with Gasteiger partial charge in [-0.25, -0.2) is 4.79 Å². The van der Waals surface area contributed by atoms with Crippen LogP contribution < -0.4 is 16.0 Å². The number of rotatable bonds is 1. The summed E-state index contributed by atoms with van der Waals surface area (Å²) in [5.41, 5.74) is -0.924. The lowest BCUT2D eigenvalue weighted by molar-refractivity contribution is -0.138. The van der Waals surface area contributed by atoms with Gasteiger partial charge in [0, 0.05) is 6.54 Å². The van der Waals surface area contributed by atoms with E-state index in [9.17, 15) is 14.4 Å². The zero-order chi connectivity index (χ0) is 14.3. The minimum absolute atomic E-state index is 0.0445. The highest BCUT2D eigenvalue weighted by Gasteiger charge is 2.50. The molecule has 110 valence electrons. The van der Waals surface area contributed by atoms with Crippen LogP contribution in [0.25, 0.3) is 0 Å². The summed E-state index contributed by atoms with van der Waals surface area (Å²) >= 11 is 0. The van der Waals surface area contributed by atoms with Crippen molar-refractivity contribution in [2.45, 2.75) is 37.8 Å². The molecule has 3 N–H and O–H groups in total. The van der Waals surface area contributed by atoms with Crippen molar-refractivity contribution < 1.29 is 14.4 Å². The number of carbonyl (C=O) groups excluding carboxylic acids is 3. The lowest BCUT2D eigenvalue weighted by Crippen LogP contribution is -2.61. The van der Waals surface area contributed by atoms with Crippen molar-refractivity contribution in [1.82, 2.24) is 20.9 Å². The number of nitrogens with one attached hydrogen (secondary N) is 3. The summed E-state index contributed by atoms with van der Waals surface area (Å²) in [7, 11) is 0. The molecule has 0 aromatic heterocycles. The van der Waals surface area contributed by atoms with Crippen LogP contribution in [0.2, 0.25) is 0 Å². The van der Waals surface area contributed by atoms with E-state index in [-0.39, 0.29) is 24.4 Å². The van der Waals surface area contributed by atoms with Crippen molar-refractivity contribution in [1.29, 1.82) is 0 Å².